The molecule has 3 heteroatoms. The molecule has 102 valence electrons. The van der Waals surface area contributed by atoms with E-state index < -0.39 is 0 Å². The molecule has 0 amide bonds. The molecule has 2 atom stereocenters. The van der Waals surface area contributed by atoms with Crippen LogP contribution in [0.3, 0.4) is 0 Å². The van der Waals surface area contributed by atoms with Crippen molar-refractivity contribution in [2.24, 2.45) is 11.7 Å². The van der Waals surface area contributed by atoms with Crippen LogP contribution in [0.4, 0.5) is 0 Å². The third kappa shape index (κ3) is 4.57. The number of rotatable bonds is 6. The Morgan fingerprint density at radius 3 is 1.94 bits per heavy atom. The Kier molecular flexibility index (Phi) is 6.45. The van der Waals surface area contributed by atoms with E-state index in [0.717, 1.165) is 18.5 Å². The number of piperazine rings is 1. The van der Waals surface area contributed by atoms with Gasteiger partial charge in [-0.05, 0) is 25.7 Å². The Bertz CT molecular complexity index is 198. The second-order valence-electron chi connectivity index (χ2n) is 5.85. The Balaban J connectivity index is 2.39. The third-order valence-corrected chi connectivity index (χ3v) is 4.09. The zero-order valence-corrected chi connectivity index (χ0v) is 12.2. The van der Waals surface area contributed by atoms with Crippen LogP contribution in [0.25, 0.3) is 0 Å². The molecule has 0 bridgehead atoms. The average molecular weight is 241 g/mol. The Hall–Kier alpha value is -0.120. The summed E-state index contributed by atoms with van der Waals surface area (Å²) >= 11 is 0. The Morgan fingerprint density at radius 2 is 1.53 bits per heavy atom. The minimum absolute atomic E-state index is 0.592. The van der Waals surface area contributed by atoms with E-state index in [1.54, 1.807) is 0 Å². The van der Waals surface area contributed by atoms with E-state index in [1.807, 2.05) is 0 Å². The van der Waals surface area contributed by atoms with Crippen molar-refractivity contribution in [1.82, 2.24) is 9.80 Å². The summed E-state index contributed by atoms with van der Waals surface area (Å²) in [5.41, 5.74) is 5.92. The molecule has 0 radical (unpaired) electrons. The number of nitrogens with two attached hydrogens (primary N) is 1. The van der Waals surface area contributed by atoms with E-state index in [9.17, 15) is 0 Å². The van der Waals surface area contributed by atoms with Gasteiger partial charge >= 0.3 is 0 Å². The van der Waals surface area contributed by atoms with E-state index in [-0.39, 0.29) is 0 Å². The second-order valence-corrected chi connectivity index (χ2v) is 5.85. The van der Waals surface area contributed by atoms with Crippen LogP contribution in [0.2, 0.25) is 0 Å². The van der Waals surface area contributed by atoms with E-state index in [4.69, 9.17) is 5.73 Å². The summed E-state index contributed by atoms with van der Waals surface area (Å²) in [4.78, 5) is 5.21. The Morgan fingerprint density at radius 1 is 1.00 bits per heavy atom. The first-order valence-corrected chi connectivity index (χ1v) is 7.26. The maximum Gasteiger partial charge on any atom is 0.0221 e. The molecule has 1 rings (SSSR count). The molecule has 17 heavy (non-hydrogen) atoms. The van der Waals surface area contributed by atoms with Crippen molar-refractivity contribution >= 4 is 0 Å². The first-order chi connectivity index (χ1) is 8.08. The van der Waals surface area contributed by atoms with Gasteiger partial charge in [0.2, 0.25) is 0 Å². The van der Waals surface area contributed by atoms with Crippen LogP contribution in [0.5, 0.6) is 0 Å². The highest BCUT2D eigenvalue weighted by atomic mass is 15.3. The van der Waals surface area contributed by atoms with Crippen molar-refractivity contribution in [3.05, 3.63) is 0 Å². The van der Waals surface area contributed by atoms with Gasteiger partial charge in [0.15, 0.2) is 0 Å². The van der Waals surface area contributed by atoms with Crippen molar-refractivity contribution < 1.29 is 0 Å². The quantitative estimate of drug-likeness (QED) is 0.769. The molecule has 0 aromatic heterocycles. The van der Waals surface area contributed by atoms with Gasteiger partial charge in [-0.1, -0.05) is 20.8 Å². The molecular weight excluding hydrogens is 210 g/mol. The van der Waals surface area contributed by atoms with Gasteiger partial charge in [0.25, 0.3) is 0 Å². The summed E-state index contributed by atoms with van der Waals surface area (Å²) in [7, 11) is 0. The van der Waals surface area contributed by atoms with Crippen LogP contribution in [0.15, 0.2) is 0 Å². The van der Waals surface area contributed by atoms with Crippen LogP contribution >= 0.6 is 0 Å². The molecule has 1 aliphatic rings. The highest BCUT2D eigenvalue weighted by Crippen LogP contribution is 2.15. The van der Waals surface area contributed by atoms with E-state index >= 15 is 0 Å². The SMILES string of the molecule is CCC(C)N1CCN(C(CN)CC(C)C)CC1. The highest BCUT2D eigenvalue weighted by Gasteiger charge is 2.24. The summed E-state index contributed by atoms with van der Waals surface area (Å²) in [6.45, 7) is 14.8. The van der Waals surface area contributed by atoms with E-state index in [1.165, 1.54) is 39.0 Å². The van der Waals surface area contributed by atoms with Gasteiger partial charge in [-0.3, -0.25) is 9.80 Å². The van der Waals surface area contributed by atoms with Gasteiger partial charge < -0.3 is 5.73 Å². The molecule has 1 saturated heterocycles. The average Bonchev–Trinajstić information content (AvgIpc) is 2.35. The molecule has 3 nitrogen and oxygen atoms in total. The predicted molar refractivity (Wildman–Crippen MR) is 75.2 cm³/mol. The molecule has 2 N–H and O–H groups in total. The summed E-state index contributed by atoms with van der Waals surface area (Å²) in [6, 6.07) is 1.33. The van der Waals surface area contributed by atoms with Crippen molar-refractivity contribution in [3.8, 4) is 0 Å². The topological polar surface area (TPSA) is 32.5 Å². The molecule has 1 aliphatic heterocycles. The maximum atomic E-state index is 5.92. The smallest absolute Gasteiger partial charge is 0.0221 e. The first-order valence-electron chi connectivity index (χ1n) is 7.26. The normalized spacial score (nSPS) is 22.9. The van der Waals surface area contributed by atoms with Gasteiger partial charge in [-0.15, -0.1) is 0 Å². The van der Waals surface area contributed by atoms with Crippen molar-refractivity contribution in [3.63, 3.8) is 0 Å². The minimum Gasteiger partial charge on any atom is -0.329 e. The van der Waals surface area contributed by atoms with Gasteiger partial charge in [0.1, 0.15) is 0 Å². The van der Waals surface area contributed by atoms with Crippen LogP contribution in [-0.4, -0.2) is 54.6 Å². The fourth-order valence-electron chi connectivity index (χ4n) is 2.74. The standard InChI is InChI=1S/C14H31N3/c1-5-13(4)16-6-8-17(9-7-16)14(11-15)10-12(2)3/h12-14H,5-11,15H2,1-4H3. The minimum atomic E-state index is 0.592. The molecule has 2 unspecified atom stereocenters. The van der Waals surface area contributed by atoms with Crippen molar-refractivity contribution in [2.45, 2.75) is 52.6 Å². The zero-order valence-electron chi connectivity index (χ0n) is 12.2. The highest BCUT2D eigenvalue weighted by molar-refractivity contribution is 4.81. The fraction of sp³-hybridized carbons (Fsp3) is 1.00. The lowest BCUT2D eigenvalue weighted by Crippen LogP contribution is -2.54. The monoisotopic (exact) mass is 241 g/mol. The van der Waals surface area contributed by atoms with Crippen LogP contribution in [0.1, 0.15) is 40.5 Å². The lowest BCUT2D eigenvalue weighted by molar-refractivity contribution is 0.0680. The van der Waals surface area contributed by atoms with E-state index in [2.05, 4.69) is 37.5 Å². The van der Waals surface area contributed by atoms with Gasteiger partial charge in [0, 0.05) is 44.8 Å². The zero-order chi connectivity index (χ0) is 12.8. The molecule has 0 spiro atoms. The van der Waals surface area contributed by atoms with Crippen molar-refractivity contribution in [1.29, 1.82) is 0 Å². The van der Waals surface area contributed by atoms with E-state index in [0.29, 0.717) is 6.04 Å². The summed E-state index contributed by atoms with van der Waals surface area (Å²) in [5.74, 6) is 0.746. The van der Waals surface area contributed by atoms with Gasteiger partial charge in [0.05, 0.1) is 0 Å². The first kappa shape index (κ1) is 14.9. The molecule has 0 aliphatic carbocycles. The summed E-state index contributed by atoms with van der Waals surface area (Å²) in [6.07, 6.45) is 2.49. The number of nitrogens with zero attached hydrogens (tertiary/aromatic N) is 2. The summed E-state index contributed by atoms with van der Waals surface area (Å²) in [5, 5.41) is 0. The maximum absolute atomic E-state index is 5.92. The molecule has 0 saturated carbocycles. The lowest BCUT2D eigenvalue weighted by Gasteiger charge is -2.41. The molecule has 0 aromatic carbocycles. The molecule has 0 aromatic rings. The number of hydrogen-bond acceptors (Lipinski definition) is 3. The van der Waals surface area contributed by atoms with Crippen LogP contribution < -0.4 is 5.73 Å². The largest absolute Gasteiger partial charge is 0.329 e. The van der Waals surface area contributed by atoms with Gasteiger partial charge in [-0.25, -0.2) is 0 Å². The summed E-state index contributed by atoms with van der Waals surface area (Å²) < 4.78 is 0. The lowest BCUT2D eigenvalue weighted by atomic mass is 10.0. The molecular formula is C14H31N3. The number of hydrogen-bond donors (Lipinski definition) is 1. The Labute approximate surface area is 107 Å². The fourth-order valence-corrected chi connectivity index (χ4v) is 2.74. The predicted octanol–water partition coefficient (Wildman–Crippen LogP) is 1.78. The second kappa shape index (κ2) is 7.34. The van der Waals surface area contributed by atoms with Crippen molar-refractivity contribution in [2.75, 3.05) is 32.7 Å². The van der Waals surface area contributed by atoms with Crippen LogP contribution in [-0.2, 0) is 0 Å². The molecule has 1 heterocycles. The van der Waals surface area contributed by atoms with Gasteiger partial charge in [-0.2, -0.15) is 0 Å². The molecule has 1 fully saturated rings. The van der Waals surface area contributed by atoms with Crippen LogP contribution in [0, 0.1) is 5.92 Å². The third-order valence-electron chi connectivity index (χ3n) is 4.09.